The van der Waals surface area contributed by atoms with E-state index in [4.69, 9.17) is 11.6 Å². The Bertz CT molecular complexity index is 678. The number of nitrogens with one attached hydrogen (secondary N) is 2. The van der Waals surface area contributed by atoms with Gasteiger partial charge in [0.1, 0.15) is 10.7 Å². The molecule has 2 heterocycles. The SMILES string of the molecule is CNc1ncc(S(=O)(=O)Nc2cccnn2)cc1Cl. The van der Waals surface area contributed by atoms with Crippen LogP contribution in [0.25, 0.3) is 0 Å². The summed E-state index contributed by atoms with van der Waals surface area (Å²) in [7, 11) is -2.15. The lowest BCUT2D eigenvalue weighted by Crippen LogP contribution is -2.14. The molecular formula is C10H10ClN5O2S. The molecule has 19 heavy (non-hydrogen) atoms. The molecule has 0 aromatic carbocycles. The van der Waals surface area contributed by atoms with Crippen molar-refractivity contribution in [2.24, 2.45) is 0 Å². The van der Waals surface area contributed by atoms with Gasteiger partial charge in [0.05, 0.1) is 5.02 Å². The van der Waals surface area contributed by atoms with Crippen molar-refractivity contribution in [1.29, 1.82) is 0 Å². The van der Waals surface area contributed by atoms with Gasteiger partial charge < -0.3 is 5.32 Å². The van der Waals surface area contributed by atoms with Crippen molar-refractivity contribution < 1.29 is 8.42 Å². The molecule has 0 atom stereocenters. The molecule has 0 saturated carbocycles. The number of hydrogen-bond donors (Lipinski definition) is 2. The first-order valence-electron chi connectivity index (χ1n) is 5.17. The minimum atomic E-state index is -3.79. The van der Waals surface area contributed by atoms with Crippen LogP contribution in [0.5, 0.6) is 0 Å². The molecule has 0 spiro atoms. The molecule has 0 radical (unpaired) electrons. The van der Waals surface area contributed by atoms with Crippen LogP contribution in [0, 0.1) is 0 Å². The topological polar surface area (TPSA) is 96.9 Å². The average molecular weight is 300 g/mol. The third-order valence-electron chi connectivity index (χ3n) is 2.17. The molecule has 2 N–H and O–H groups in total. The van der Waals surface area contributed by atoms with Gasteiger partial charge in [-0.3, -0.25) is 4.72 Å². The Kier molecular flexibility index (Phi) is 3.82. The van der Waals surface area contributed by atoms with E-state index in [-0.39, 0.29) is 15.7 Å². The fourth-order valence-corrected chi connectivity index (χ4v) is 2.60. The zero-order valence-electron chi connectivity index (χ0n) is 9.83. The van der Waals surface area contributed by atoms with Crippen molar-refractivity contribution in [2.75, 3.05) is 17.1 Å². The van der Waals surface area contributed by atoms with Gasteiger partial charge in [0.15, 0.2) is 5.82 Å². The molecule has 0 fully saturated rings. The second kappa shape index (κ2) is 5.37. The lowest BCUT2D eigenvalue weighted by Gasteiger charge is -2.08. The van der Waals surface area contributed by atoms with Gasteiger partial charge in [0.25, 0.3) is 10.0 Å². The number of nitrogens with zero attached hydrogens (tertiary/aromatic N) is 3. The lowest BCUT2D eigenvalue weighted by molar-refractivity contribution is 0.600. The van der Waals surface area contributed by atoms with E-state index >= 15 is 0 Å². The maximum atomic E-state index is 12.1. The van der Waals surface area contributed by atoms with Gasteiger partial charge >= 0.3 is 0 Å². The van der Waals surface area contributed by atoms with Crippen molar-refractivity contribution in [2.45, 2.75) is 4.90 Å². The number of hydrogen-bond acceptors (Lipinski definition) is 6. The van der Waals surface area contributed by atoms with Crippen LogP contribution in [-0.2, 0) is 10.0 Å². The maximum absolute atomic E-state index is 12.1. The molecule has 0 aliphatic carbocycles. The highest BCUT2D eigenvalue weighted by atomic mass is 35.5. The van der Waals surface area contributed by atoms with E-state index < -0.39 is 10.0 Å². The molecule has 0 saturated heterocycles. The number of aromatic nitrogens is 3. The van der Waals surface area contributed by atoms with E-state index in [2.05, 4.69) is 25.2 Å². The highest BCUT2D eigenvalue weighted by molar-refractivity contribution is 7.92. The minimum absolute atomic E-state index is 0.0536. The average Bonchev–Trinajstić information content (AvgIpc) is 2.39. The first kappa shape index (κ1) is 13.5. The highest BCUT2D eigenvalue weighted by Gasteiger charge is 2.17. The van der Waals surface area contributed by atoms with E-state index in [1.54, 1.807) is 13.1 Å². The van der Waals surface area contributed by atoms with Gasteiger partial charge in [0, 0.05) is 19.4 Å². The maximum Gasteiger partial charge on any atom is 0.264 e. The van der Waals surface area contributed by atoms with Gasteiger partial charge in [0.2, 0.25) is 0 Å². The fraction of sp³-hybridized carbons (Fsp3) is 0.100. The summed E-state index contributed by atoms with van der Waals surface area (Å²) in [6, 6.07) is 4.36. The molecule has 100 valence electrons. The molecule has 0 aliphatic rings. The van der Waals surface area contributed by atoms with Gasteiger partial charge in [-0.05, 0) is 18.2 Å². The quantitative estimate of drug-likeness (QED) is 0.885. The van der Waals surface area contributed by atoms with Crippen LogP contribution in [0.4, 0.5) is 11.6 Å². The van der Waals surface area contributed by atoms with Gasteiger partial charge in [-0.1, -0.05) is 11.6 Å². The minimum Gasteiger partial charge on any atom is -0.372 e. The monoisotopic (exact) mass is 299 g/mol. The highest BCUT2D eigenvalue weighted by Crippen LogP contribution is 2.22. The molecule has 0 bridgehead atoms. The van der Waals surface area contributed by atoms with E-state index in [1.807, 2.05) is 0 Å². The predicted molar refractivity (Wildman–Crippen MR) is 71.6 cm³/mol. The van der Waals surface area contributed by atoms with Crippen molar-refractivity contribution in [3.8, 4) is 0 Å². The van der Waals surface area contributed by atoms with Gasteiger partial charge in [-0.2, -0.15) is 5.10 Å². The largest absolute Gasteiger partial charge is 0.372 e. The third-order valence-corrected chi connectivity index (χ3v) is 3.78. The Labute approximate surface area is 115 Å². The van der Waals surface area contributed by atoms with E-state index in [0.29, 0.717) is 5.82 Å². The van der Waals surface area contributed by atoms with Gasteiger partial charge in [-0.25, -0.2) is 13.4 Å². The Balaban J connectivity index is 2.32. The van der Waals surface area contributed by atoms with Crippen LogP contribution in [-0.4, -0.2) is 30.6 Å². The summed E-state index contributed by atoms with van der Waals surface area (Å²) in [5, 5.41) is 10.2. The van der Waals surface area contributed by atoms with Crippen LogP contribution < -0.4 is 10.0 Å². The third kappa shape index (κ3) is 3.09. The van der Waals surface area contributed by atoms with E-state index in [9.17, 15) is 8.42 Å². The molecule has 0 unspecified atom stereocenters. The number of anilines is 2. The number of rotatable bonds is 4. The van der Waals surface area contributed by atoms with Crippen LogP contribution in [0.2, 0.25) is 5.02 Å². The number of halogens is 1. The summed E-state index contributed by atoms with van der Waals surface area (Å²) in [6.07, 6.45) is 2.65. The molecule has 0 aliphatic heterocycles. The summed E-state index contributed by atoms with van der Waals surface area (Å²) in [6.45, 7) is 0. The second-order valence-electron chi connectivity index (χ2n) is 3.47. The zero-order valence-corrected chi connectivity index (χ0v) is 11.4. The molecule has 2 rings (SSSR count). The summed E-state index contributed by atoms with van der Waals surface area (Å²) >= 11 is 5.89. The van der Waals surface area contributed by atoms with E-state index in [0.717, 1.165) is 0 Å². The Morgan fingerprint density at radius 3 is 2.74 bits per heavy atom. The van der Waals surface area contributed by atoms with E-state index in [1.165, 1.54) is 24.5 Å². The van der Waals surface area contributed by atoms with Gasteiger partial charge in [-0.15, -0.1) is 5.10 Å². The van der Waals surface area contributed by atoms with Crippen LogP contribution in [0.1, 0.15) is 0 Å². The summed E-state index contributed by atoms with van der Waals surface area (Å²) in [5.41, 5.74) is 0. The second-order valence-corrected chi connectivity index (χ2v) is 5.56. The molecule has 9 heteroatoms. The molecule has 2 aromatic heterocycles. The molecular weight excluding hydrogens is 290 g/mol. The van der Waals surface area contributed by atoms with Crippen LogP contribution in [0.15, 0.2) is 35.5 Å². The standard InChI is InChI=1S/C10H10ClN5O2S/c1-12-10-8(11)5-7(6-13-10)19(17,18)16-9-3-2-4-14-15-9/h2-6H,1H3,(H,12,13)(H,15,16). The number of sulfonamides is 1. The molecule has 2 aromatic rings. The smallest absolute Gasteiger partial charge is 0.264 e. The number of pyridine rings is 1. The zero-order chi connectivity index (χ0) is 13.9. The Morgan fingerprint density at radius 2 is 2.16 bits per heavy atom. The van der Waals surface area contributed by atoms with Crippen molar-refractivity contribution in [1.82, 2.24) is 15.2 Å². The Morgan fingerprint density at radius 1 is 1.37 bits per heavy atom. The van der Waals surface area contributed by atoms with Crippen LogP contribution >= 0.6 is 11.6 Å². The first-order valence-corrected chi connectivity index (χ1v) is 7.03. The normalized spacial score (nSPS) is 11.1. The van der Waals surface area contributed by atoms with Crippen molar-refractivity contribution in [3.05, 3.63) is 35.6 Å². The summed E-state index contributed by atoms with van der Waals surface area (Å²) < 4.78 is 26.4. The summed E-state index contributed by atoms with van der Waals surface area (Å²) in [5.74, 6) is 0.524. The van der Waals surface area contributed by atoms with Crippen molar-refractivity contribution in [3.63, 3.8) is 0 Å². The van der Waals surface area contributed by atoms with Crippen LogP contribution in [0.3, 0.4) is 0 Å². The summed E-state index contributed by atoms with van der Waals surface area (Å²) in [4.78, 5) is 3.85. The molecule has 7 nitrogen and oxygen atoms in total. The lowest BCUT2D eigenvalue weighted by atomic mass is 10.4. The first-order chi connectivity index (χ1) is 9.03. The Hall–Kier alpha value is -1.93. The fourth-order valence-electron chi connectivity index (χ4n) is 1.30. The van der Waals surface area contributed by atoms with Crippen molar-refractivity contribution >= 4 is 33.3 Å². The predicted octanol–water partition coefficient (Wildman–Crippen LogP) is 1.37. The molecule has 0 amide bonds.